The summed E-state index contributed by atoms with van der Waals surface area (Å²) in [5.41, 5.74) is 0.450. The summed E-state index contributed by atoms with van der Waals surface area (Å²) >= 11 is 0. The van der Waals surface area contributed by atoms with Crippen molar-refractivity contribution in [2.24, 2.45) is 23.2 Å². The molecule has 0 aromatic carbocycles. The molecule has 2 rings (SSSR count). The molecule has 0 aliphatic heterocycles. The van der Waals surface area contributed by atoms with E-state index in [0.717, 1.165) is 32.1 Å². The molecule has 0 aromatic rings. The maximum absolute atomic E-state index is 11.8. The molecule has 5 atom stereocenters. The lowest BCUT2D eigenvalue weighted by Gasteiger charge is -2.41. The van der Waals surface area contributed by atoms with Crippen molar-refractivity contribution in [2.75, 3.05) is 0 Å². The number of aliphatic hydroxyl groups is 1. The summed E-state index contributed by atoms with van der Waals surface area (Å²) in [5, 5.41) is 10.8. The second kappa shape index (κ2) is 7.65. The lowest BCUT2D eigenvalue weighted by atomic mass is 9.68. The van der Waals surface area contributed by atoms with Crippen LogP contribution in [-0.2, 0) is 9.53 Å². The molecule has 0 heterocycles. The van der Waals surface area contributed by atoms with Crippen LogP contribution in [0.25, 0.3) is 0 Å². The van der Waals surface area contributed by atoms with E-state index < -0.39 is 5.60 Å². The molecule has 2 aliphatic carbocycles. The summed E-state index contributed by atoms with van der Waals surface area (Å²) in [5.74, 6) is 0.554. The first-order chi connectivity index (χ1) is 11.5. The van der Waals surface area contributed by atoms with Crippen molar-refractivity contribution in [2.45, 2.75) is 85.4 Å². The van der Waals surface area contributed by atoms with Crippen LogP contribution in [0.4, 0.5) is 0 Å². The largest absolute Gasteiger partial charge is 0.462 e. The van der Waals surface area contributed by atoms with Gasteiger partial charge in [0, 0.05) is 19.3 Å². The van der Waals surface area contributed by atoms with Crippen molar-refractivity contribution < 1.29 is 14.6 Å². The van der Waals surface area contributed by atoms with Crippen LogP contribution in [0.2, 0.25) is 0 Å². The van der Waals surface area contributed by atoms with Crippen LogP contribution >= 0.6 is 0 Å². The molecular formula is C22H36O3. The topological polar surface area (TPSA) is 46.5 Å². The van der Waals surface area contributed by atoms with Crippen LogP contribution in [0.1, 0.15) is 73.6 Å². The third-order valence-corrected chi connectivity index (χ3v) is 6.26. The Kier molecular flexibility index (Phi) is 6.19. The number of esters is 1. The fourth-order valence-corrected chi connectivity index (χ4v) is 4.87. The van der Waals surface area contributed by atoms with E-state index in [0.29, 0.717) is 5.92 Å². The third-order valence-electron chi connectivity index (χ3n) is 6.26. The quantitative estimate of drug-likeness (QED) is 0.561. The van der Waals surface area contributed by atoms with Crippen LogP contribution in [0.15, 0.2) is 23.8 Å². The summed E-state index contributed by atoms with van der Waals surface area (Å²) in [4.78, 5) is 11.8. The van der Waals surface area contributed by atoms with Crippen LogP contribution in [-0.4, -0.2) is 22.8 Å². The molecule has 3 heteroatoms. The van der Waals surface area contributed by atoms with Gasteiger partial charge in [0.2, 0.25) is 0 Å². The van der Waals surface area contributed by atoms with Gasteiger partial charge in [-0.3, -0.25) is 4.79 Å². The number of hydrogen-bond acceptors (Lipinski definition) is 3. The number of allylic oxidation sites excluding steroid dienone is 3. The molecular weight excluding hydrogens is 312 g/mol. The van der Waals surface area contributed by atoms with Crippen molar-refractivity contribution in [1.29, 1.82) is 0 Å². The van der Waals surface area contributed by atoms with Gasteiger partial charge in [-0.2, -0.15) is 0 Å². The first-order valence-corrected chi connectivity index (χ1v) is 9.77. The highest BCUT2D eigenvalue weighted by Gasteiger charge is 2.53. The number of carbonyl (C=O) groups excluding carboxylic acids is 1. The van der Waals surface area contributed by atoms with Crippen LogP contribution < -0.4 is 0 Å². The van der Waals surface area contributed by atoms with E-state index in [1.54, 1.807) is 0 Å². The Balaban J connectivity index is 2.49. The van der Waals surface area contributed by atoms with Crippen molar-refractivity contribution in [3.8, 4) is 0 Å². The average Bonchev–Trinajstić information content (AvgIpc) is 2.81. The van der Waals surface area contributed by atoms with Gasteiger partial charge >= 0.3 is 5.97 Å². The van der Waals surface area contributed by atoms with Crippen LogP contribution in [0.3, 0.4) is 0 Å². The van der Waals surface area contributed by atoms with E-state index in [2.05, 4.69) is 39.0 Å². The predicted octanol–water partition coefficient (Wildman–Crippen LogP) is 5.04. The first-order valence-electron chi connectivity index (χ1n) is 9.77. The minimum atomic E-state index is -0.780. The summed E-state index contributed by atoms with van der Waals surface area (Å²) in [6.45, 7) is 12.0. The summed E-state index contributed by atoms with van der Waals surface area (Å²) < 4.78 is 5.84. The zero-order valence-corrected chi connectivity index (χ0v) is 16.8. The molecule has 0 spiro atoms. The SMILES string of the molecule is CC(=O)O[C@@H]1C/C(C)=C/CC[C@@H](C)/C=C/[C@]2(C)CC[C@H](C(C)(C)O)[C@@H]12. The monoisotopic (exact) mass is 348 g/mol. The van der Waals surface area contributed by atoms with Gasteiger partial charge in [0.25, 0.3) is 0 Å². The second-order valence-corrected chi connectivity index (χ2v) is 9.15. The highest BCUT2D eigenvalue weighted by molar-refractivity contribution is 5.66. The van der Waals surface area contributed by atoms with Gasteiger partial charge in [-0.1, -0.05) is 37.6 Å². The van der Waals surface area contributed by atoms with Gasteiger partial charge in [-0.05, 0) is 63.7 Å². The van der Waals surface area contributed by atoms with E-state index in [4.69, 9.17) is 4.74 Å². The van der Waals surface area contributed by atoms with Crippen LogP contribution in [0.5, 0.6) is 0 Å². The maximum atomic E-state index is 11.8. The molecule has 0 bridgehead atoms. The summed E-state index contributed by atoms with van der Waals surface area (Å²) in [6, 6.07) is 0. The molecule has 1 fully saturated rings. The highest BCUT2D eigenvalue weighted by atomic mass is 16.5. The summed E-state index contributed by atoms with van der Waals surface area (Å²) in [7, 11) is 0. The van der Waals surface area contributed by atoms with Gasteiger partial charge in [-0.15, -0.1) is 0 Å². The van der Waals surface area contributed by atoms with Crippen LogP contribution in [0, 0.1) is 23.2 Å². The second-order valence-electron chi connectivity index (χ2n) is 9.15. The van der Waals surface area contributed by atoms with E-state index in [-0.39, 0.29) is 29.3 Å². The molecule has 0 aromatic heterocycles. The zero-order chi connectivity index (χ0) is 18.8. The molecule has 0 unspecified atom stereocenters. The van der Waals surface area contributed by atoms with E-state index in [1.165, 1.54) is 12.5 Å². The van der Waals surface area contributed by atoms with Crippen molar-refractivity contribution in [1.82, 2.24) is 0 Å². The molecule has 1 N–H and O–H groups in total. The maximum Gasteiger partial charge on any atom is 0.302 e. The van der Waals surface area contributed by atoms with Gasteiger partial charge in [0.15, 0.2) is 0 Å². The molecule has 2 aliphatic rings. The number of hydrogen-bond donors (Lipinski definition) is 1. The Hall–Kier alpha value is -1.09. The first kappa shape index (κ1) is 20.2. The van der Waals surface area contributed by atoms with Gasteiger partial charge in [-0.25, -0.2) is 0 Å². The molecule has 25 heavy (non-hydrogen) atoms. The van der Waals surface area contributed by atoms with E-state index in [1.807, 2.05) is 13.8 Å². The third kappa shape index (κ3) is 4.97. The normalized spacial score (nSPS) is 40.4. The predicted molar refractivity (Wildman–Crippen MR) is 102 cm³/mol. The number of fused-ring (bicyclic) bond motifs is 1. The highest BCUT2D eigenvalue weighted by Crippen LogP contribution is 2.54. The molecule has 3 nitrogen and oxygen atoms in total. The molecule has 142 valence electrons. The van der Waals surface area contributed by atoms with Gasteiger partial charge in [0.05, 0.1) is 5.60 Å². The number of carbonyl (C=O) groups is 1. The fraction of sp³-hybridized carbons (Fsp3) is 0.773. The van der Waals surface area contributed by atoms with Gasteiger partial charge < -0.3 is 9.84 Å². The van der Waals surface area contributed by atoms with Crippen molar-refractivity contribution in [3.05, 3.63) is 23.8 Å². The average molecular weight is 349 g/mol. The Bertz CT molecular complexity index is 540. The standard InChI is InChI=1S/C22H36O3/c1-15-8-7-9-16(2)14-19(25-17(3)23)20-18(21(4,5)24)11-13-22(20,6)12-10-15/h9-10,12,15,18-20,24H,7-8,11,13-14H2,1-6H3/b12-10+,16-9+/t15-,18+,19-,20+,22-/m1/s1. The summed E-state index contributed by atoms with van der Waals surface area (Å²) in [6.07, 6.45) is 11.7. The van der Waals surface area contributed by atoms with Gasteiger partial charge in [0.1, 0.15) is 6.10 Å². The number of rotatable bonds is 2. The zero-order valence-electron chi connectivity index (χ0n) is 16.8. The number of ether oxygens (including phenoxy) is 1. The molecule has 0 saturated heterocycles. The molecule has 1 saturated carbocycles. The smallest absolute Gasteiger partial charge is 0.302 e. The van der Waals surface area contributed by atoms with Crippen molar-refractivity contribution >= 4 is 5.97 Å². The van der Waals surface area contributed by atoms with Crippen molar-refractivity contribution in [3.63, 3.8) is 0 Å². The molecule has 0 radical (unpaired) electrons. The lowest BCUT2D eigenvalue weighted by molar-refractivity contribution is -0.154. The lowest BCUT2D eigenvalue weighted by Crippen LogP contribution is -2.44. The Morgan fingerprint density at radius 1 is 1.36 bits per heavy atom. The minimum absolute atomic E-state index is 0.0519. The minimum Gasteiger partial charge on any atom is -0.462 e. The Morgan fingerprint density at radius 2 is 2.04 bits per heavy atom. The van der Waals surface area contributed by atoms with E-state index >= 15 is 0 Å². The Morgan fingerprint density at radius 3 is 2.64 bits per heavy atom. The Labute approximate surface area is 153 Å². The van der Waals surface area contributed by atoms with E-state index in [9.17, 15) is 9.90 Å². The molecule has 0 amide bonds. The fourth-order valence-electron chi connectivity index (χ4n) is 4.87.